The number of hydrogen-bond donors (Lipinski definition) is 0. The Balaban J connectivity index is 2.38. The Kier molecular flexibility index (Phi) is 3.64. The smallest absolute Gasteiger partial charge is 0.303 e. The summed E-state index contributed by atoms with van der Waals surface area (Å²) in [5.74, 6) is -2.17. The first-order valence-electron chi connectivity index (χ1n) is 6.19. The molecule has 1 aromatic carbocycles. The molecule has 4 heteroatoms. The zero-order chi connectivity index (χ0) is 13.2. The van der Waals surface area contributed by atoms with E-state index in [0.29, 0.717) is 18.4 Å². The fraction of sp³-hybridized carbons (Fsp3) is 0.500. The minimum absolute atomic E-state index is 0.387. The van der Waals surface area contributed by atoms with Gasteiger partial charge in [0.2, 0.25) is 0 Å². The van der Waals surface area contributed by atoms with Crippen LogP contribution in [0.5, 0.6) is 0 Å². The van der Waals surface area contributed by atoms with Gasteiger partial charge >= 0.3 is 5.97 Å². The molecular weight excluding hydrogens is 238 g/mol. The summed E-state index contributed by atoms with van der Waals surface area (Å²) in [7, 11) is 0. The van der Waals surface area contributed by atoms with Crippen LogP contribution in [0.25, 0.3) is 0 Å². The van der Waals surface area contributed by atoms with Crippen LogP contribution >= 0.6 is 0 Å². The van der Waals surface area contributed by atoms with Crippen molar-refractivity contribution in [2.75, 3.05) is 0 Å². The van der Waals surface area contributed by atoms with Crippen molar-refractivity contribution in [1.82, 2.24) is 0 Å². The lowest BCUT2D eigenvalue weighted by molar-refractivity contribution is -0.162. The number of esters is 1. The first-order valence-corrected chi connectivity index (χ1v) is 6.19. The number of benzene rings is 1. The maximum atomic E-state index is 13.3. The lowest BCUT2D eigenvalue weighted by atomic mass is 9.79. The maximum Gasteiger partial charge on any atom is 0.303 e. The van der Waals surface area contributed by atoms with Crippen LogP contribution < -0.4 is 0 Å². The first-order chi connectivity index (χ1) is 8.53. The number of carbonyl (C=O) groups excluding carboxylic acids is 1. The molecule has 0 N–H and O–H groups in total. The third-order valence-electron chi connectivity index (χ3n) is 3.45. The van der Waals surface area contributed by atoms with Crippen LogP contribution in [-0.4, -0.2) is 5.97 Å². The minimum Gasteiger partial charge on any atom is -0.454 e. The van der Waals surface area contributed by atoms with Crippen molar-refractivity contribution < 1.29 is 18.3 Å². The van der Waals surface area contributed by atoms with E-state index < -0.39 is 17.2 Å². The van der Waals surface area contributed by atoms with Crippen molar-refractivity contribution in [1.29, 1.82) is 0 Å². The predicted molar refractivity (Wildman–Crippen MR) is 62.9 cm³/mol. The fourth-order valence-corrected chi connectivity index (χ4v) is 2.63. The zero-order valence-electron chi connectivity index (χ0n) is 10.3. The van der Waals surface area contributed by atoms with Crippen molar-refractivity contribution in [2.45, 2.75) is 44.6 Å². The molecule has 0 radical (unpaired) electrons. The molecule has 1 aliphatic carbocycles. The van der Waals surface area contributed by atoms with E-state index in [1.54, 1.807) is 0 Å². The molecule has 0 unspecified atom stereocenters. The van der Waals surface area contributed by atoms with Crippen molar-refractivity contribution in [3.63, 3.8) is 0 Å². The zero-order valence-corrected chi connectivity index (χ0v) is 10.3. The molecule has 0 spiro atoms. The van der Waals surface area contributed by atoms with E-state index in [1.807, 2.05) is 0 Å². The molecule has 18 heavy (non-hydrogen) atoms. The molecule has 0 atom stereocenters. The van der Waals surface area contributed by atoms with E-state index in [0.717, 1.165) is 31.4 Å². The number of ether oxygens (including phenoxy) is 1. The standard InChI is InChI=1S/C14H16F2O2/c1-10(17)18-14(7-3-2-4-8-14)11-5-6-12(15)13(16)9-11/h5-6,9H,2-4,7-8H2,1H3. The molecule has 1 saturated carbocycles. The molecule has 0 amide bonds. The van der Waals surface area contributed by atoms with E-state index >= 15 is 0 Å². The predicted octanol–water partition coefficient (Wildman–Crippen LogP) is 3.69. The molecule has 0 bridgehead atoms. The van der Waals surface area contributed by atoms with Crippen molar-refractivity contribution in [3.05, 3.63) is 35.4 Å². The molecular formula is C14H16F2O2. The van der Waals surface area contributed by atoms with Gasteiger partial charge in [0.1, 0.15) is 5.60 Å². The van der Waals surface area contributed by atoms with Crippen LogP contribution in [0, 0.1) is 11.6 Å². The van der Waals surface area contributed by atoms with E-state index in [4.69, 9.17) is 4.74 Å². The third-order valence-corrected chi connectivity index (χ3v) is 3.45. The molecule has 0 saturated heterocycles. The monoisotopic (exact) mass is 254 g/mol. The molecule has 1 aromatic rings. The van der Waals surface area contributed by atoms with Gasteiger partial charge in [-0.2, -0.15) is 0 Å². The van der Waals surface area contributed by atoms with Gasteiger partial charge in [-0.15, -0.1) is 0 Å². The van der Waals surface area contributed by atoms with Gasteiger partial charge in [-0.25, -0.2) is 8.78 Å². The Morgan fingerprint density at radius 3 is 2.39 bits per heavy atom. The Labute approximate surface area is 105 Å². The molecule has 1 aliphatic rings. The van der Waals surface area contributed by atoms with Crippen LogP contribution in [0.3, 0.4) is 0 Å². The van der Waals surface area contributed by atoms with E-state index in [-0.39, 0.29) is 5.97 Å². The van der Waals surface area contributed by atoms with Crippen LogP contribution in [0.2, 0.25) is 0 Å². The Bertz CT molecular complexity index is 451. The van der Waals surface area contributed by atoms with Gasteiger partial charge in [0.25, 0.3) is 0 Å². The second-order valence-electron chi connectivity index (χ2n) is 4.78. The van der Waals surface area contributed by atoms with Crippen molar-refractivity contribution in [3.8, 4) is 0 Å². The topological polar surface area (TPSA) is 26.3 Å². The summed E-state index contributed by atoms with van der Waals surface area (Å²) in [4.78, 5) is 11.3. The molecule has 98 valence electrons. The first kappa shape index (κ1) is 13.0. The average molecular weight is 254 g/mol. The SMILES string of the molecule is CC(=O)OC1(c2ccc(F)c(F)c2)CCCCC1. The van der Waals surface area contributed by atoms with Gasteiger partial charge in [-0.1, -0.05) is 12.5 Å². The summed E-state index contributed by atoms with van der Waals surface area (Å²) in [6, 6.07) is 3.74. The highest BCUT2D eigenvalue weighted by molar-refractivity contribution is 5.66. The van der Waals surface area contributed by atoms with Gasteiger partial charge in [0.05, 0.1) is 0 Å². The Morgan fingerprint density at radius 2 is 1.83 bits per heavy atom. The van der Waals surface area contributed by atoms with Crippen LogP contribution in [0.1, 0.15) is 44.6 Å². The third kappa shape index (κ3) is 2.52. The fourth-order valence-electron chi connectivity index (χ4n) is 2.63. The summed E-state index contributed by atoms with van der Waals surface area (Å²) in [6.07, 6.45) is 4.25. The molecule has 2 rings (SSSR count). The van der Waals surface area contributed by atoms with E-state index in [2.05, 4.69) is 0 Å². The van der Waals surface area contributed by atoms with Gasteiger partial charge in [0, 0.05) is 6.92 Å². The molecule has 0 heterocycles. The summed E-state index contributed by atoms with van der Waals surface area (Å²) in [5.41, 5.74) is -0.227. The summed E-state index contributed by atoms with van der Waals surface area (Å²) in [6.45, 7) is 1.34. The van der Waals surface area contributed by atoms with Crippen LogP contribution in [-0.2, 0) is 15.1 Å². The molecule has 0 aliphatic heterocycles. The Morgan fingerprint density at radius 1 is 1.17 bits per heavy atom. The number of carbonyl (C=O) groups is 1. The van der Waals surface area contributed by atoms with Crippen LogP contribution in [0.4, 0.5) is 8.78 Å². The largest absolute Gasteiger partial charge is 0.454 e. The van der Waals surface area contributed by atoms with Gasteiger partial charge in [0.15, 0.2) is 11.6 Å². The molecule has 1 fully saturated rings. The summed E-state index contributed by atoms with van der Waals surface area (Å²) in [5, 5.41) is 0. The highest BCUT2D eigenvalue weighted by Gasteiger charge is 2.37. The highest BCUT2D eigenvalue weighted by atomic mass is 19.2. The lowest BCUT2D eigenvalue weighted by Crippen LogP contribution is -2.34. The summed E-state index contributed by atoms with van der Waals surface area (Å²) >= 11 is 0. The van der Waals surface area contributed by atoms with E-state index in [1.165, 1.54) is 13.0 Å². The lowest BCUT2D eigenvalue weighted by Gasteiger charge is -2.37. The number of rotatable bonds is 2. The second kappa shape index (κ2) is 5.04. The quantitative estimate of drug-likeness (QED) is 0.752. The molecule has 0 aromatic heterocycles. The van der Waals surface area contributed by atoms with Crippen molar-refractivity contribution in [2.24, 2.45) is 0 Å². The number of hydrogen-bond acceptors (Lipinski definition) is 2. The van der Waals surface area contributed by atoms with Gasteiger partial charge in [-0.3, -0.25) is 4.79 Å². The van der Waals surface area contributed by atoms with Crippen molar-refractivity contribution >= 4 is 5.97 Å². The summed E-state index contributed by atoms with van der Waals surface area (Å²) < 4.78 is 31.7. The van der Waals surface area contributed by atoms with E-state index in [9.17, 15) is 13.6 Å². The highest BCUT2D eigenvalue weighted by Crippen LogP contribution is 2.41. The average Bonchev–Trinajstić information content (AvgIpc) is 2.33. The van der Waals surface area contributed by atoms with Gasteiger partial charge < -0.3 is 4.74 Å². The minimum atomic E-state index is -0.899. The molecule has 2 nitrogen and oxygen atoms in total. The Hall–Kier alpha value is -1.45. The number of halogens is 2. The second-order valence-corrected chi connectivity index (χ2v) is 4.78. The van der Waals surface area contributed by atoms with Gasteiger partial charge in [-0.05, 0) is 43.4 Å². The maximum absolute atomic E-state index is 13.3. The van der Waals surface area contributed by atoms with Crippen LogP contribution in [0.15, 0.2) is 18.2 Å². The normalized spacial score (nSPS) is 18.4.